The van der Waals surface area contributed by atoms with E-state index in [9.17, 15) is 9.59 Å². The van der Waals surface area contributed by atoms with Crippen LogP contribution in [-0.2, 0) is 11.2 Å². The molecule has 1 unspecified atom stereocenters. The first-order valence-electron chi connectivity index (χ1n) is 5.94. The van der Waals surface area contributed by atoms with E-state index in [4.69, 9.17) is 5.11 Å². The average Bonchev–Trinajstić information content (AvgIpc) is 2.66. The van der Waals surface area contributed by atoms with Crippen LogP contribution in [0.25, 0.3) is 0 Å². The second-order valence-corrected chi connectivity index (χ2v) is 5.47. The van der Waals surface area contributed by atoms with E-state index >= 15 is 0 Å². The van der Waals surface area contributed by atoms with Gasteiger partial charge < -0.3 is 5.11 Å². The minimum Gasteiger partial charge on any atom is -0.508 e. The summed E-state index contributed by atoms with van der Waals surface area (Å²) in [4.78, 5) is 22.3. The third-order valence-corrected chi connectivity index (χ3v) is 3.94. The van der Waals surface area contributed by atoms with Gasteiger partial charge in [-0.15, -0.1) is 0 Å². The van der Waals surface area contributed by atoms with E-state index in [1.165, 1.54) is 5.56 Å². The van der Waals surface area contributed by atoms with Crippen molar-refractivity contribution in [2.24, 2.45) is 0 Å². The number of unbranched alkanes of at least 4 members (excludes halogenated alkanes) is 1. The summed E-state index contributed by atoms with van der Waals surface area (Å²) in [6.45, 7) is 0. The van der Waals surface area contributed by atoms with Crippen molar-refractivity contribution in [2.75, 3.05) is 0 Å². The molecule has 96 valence electrons. The third-order valence-electron chi connectivity index (χ3n) is 2.89. The summed E-state index contributed by atoms with van der Waals surface area (Å²) in [6.07, 6.45) is 3.55. The molecule has 1 aromatic carbocycles. The number of carbonyl (C=O) groups is 2. The monoisotopic (exact) mass is 265 g/mol. The highest BCUT2D eigenvalue weighted by Crippen LogP contribution is 2.24. The second-order valence-electron chi connectivity index (χ2n) is 4.30. The molecule has 0 spiro atoms. The van der Waals surface area contributed by atoms with Gasteiger partial charge in [0.2, 0.25) is 5.91 Å². The summed E-state index contributed by atoms with van der Waals surface area (Å²) in [5.41, 5.74) is 1.17. The number of nitrogens with one attached hydrogen (secondary N) is 1. The molecule has 1 saturated heterocycles. The lowest BCUT2D eigenvalue weighted by Gasteiger charge is -2.05. The molecule has 1 aromatic rings. The van der Waals surface area contributed by atoms with Crippen LogP contribution < -0.4 is 5.32 Å². The van der Waals surface area contributed by atoms with E-state index in [0.29, 0.717) is 0 Å². The fraction of sp³-hybridized carbons (Fsp3) is 0.385. The molecule has 18 heavy (non-hydrogen) atoms. The highest BCUT2D eigenvalue weighted by atomic mass is 32.2. The van der Waals surface area contributed by atoms with Crippen LogP contribution in [0, 0.1) is 0 Å². The Kier molecular flexibility index (Phi) is 4.25. The fourth-order valence-corrected chi connectivity index (χ4v) is 2.77. The number of hydrogen-bond acceptors (Lipinski definition) is 4. The minimum absolute atomic E-state index is 0.158. The number of aromatic hydroxyl groups is 1. The van der Waals surface area contributed by atoms with Gasteiger partial charge in [0, 0.05) is 0 Å². The molecule has 0 saturated carbocycles. The van der Waals surface area contributed by atoms with Crippen LogP contribution in [0.1, 0.15) is 24.8 Å². The first kappa shape index (κ1) is 13.0. The standard InChI is InChI=1S/C13H15NO3S/c15-10-7-5-9(6-8-10)3-1-2-4-11-12(16)14-13(17)18-11/h5-8,11,15H,1-4H2,(H,14,16,17). The zero-order chi connectivity index (χ0) is 13.0. The van der Waals surface area contributed by atoms with Gasteiger partial charge in [-0.05, 0) is 37.0 Å². The predicted octanol–water partition coefficient (Wildman–Crippen LogP) is 2.46. The maximum absolute atomic E-state index is 11.3. The number of phenolic OH excluding ortho intramolecular Hbond substituents is 1. The van der Waals surface area contributed by atoms with E-state index in [1.54, 1.807) is 12.1 Å². The van der Waals surface area contributed by atoms with Gasteiger partial charge in [-0.1, -0.05) is 30.3 Å². The predicted molar refractivity (Wildman–Crippen MR) is 70.6 cm³/mol. The first-order valence-corrected chi connectivity index (χ1v) is 6.82. The van der Waals surface area contributed by atoms with E-state index in [-0.39, 0.29) is 22.1 Å². The molecule has 1 atom stereocenters. The van der Waals surface area contributed by atoms with E-state index in [2.05, 4.69) is 5.32 Å². The Morgan fingerprint density at radius 1 is 1.17 bits per heavy atom. The largest absolute Gasteiger partial charge is 0.508 e. The number of thioether (sulfide) groups is 1. The molecule has 2 amide bonds. The van der Waals surface area contributed by atoms with Gasteiger partial charge in [0.15, 0.2) is 0 Å². The van der Waals surface area contributed by atoms with Gasteiger partial charge in [-0.25, -0.2) is 0 Å². The highest BCUT2D eigenvalue weighted by molar-refractivity contribution is 8.15. The second kappa shape index (κ2) is 5.91. The molecule has 1 aliphatic rings. The maximum Gasteiger partial charge on any atom is 0.286 e. The SMILES string of the molecule is O=C1NC(=O)C(CCCCc2ccc(O)cc2)S1. The van der Waals surface area contributed by atoms with Gasteiger partial charge >= 0.3 is 0 Å². The van der Waals surface area contributed by atoms with Gasteiger partial charge in [-0.3, -0.25) is 14.9 Å². The van der Waals surface area contributed by atoms with Gasteiger partial charge in [0.1, 0.15) is 5.75 Å². The Morgan fingerprint density at radius 2 is 1.89 bits per heavy atom. The van der Waals surface area contributed by atoms with Crippen molar-refractivity contribution in [2.45, 2.75) is 30.9 Å². The topological polar surface area (TPSA) is 66.4 Å². The van der Waals surface area contributed by atoms with E-state index < -0.39 is 0 Å². The number of imide groups is 1. The number of aryl methyl sites for hydroxylation is 1. The molecule has 1 fully saturated rings. The average molecular weight is 265 g/mol. The number of phenols is 1. The van der Waals surface area contributed by atoms with Crippen LogP contribution in [-0.4, -0.2) is 21.5 Å². The Hall–Kier alpha value is -1.49. The summed E-state index contributed by atoms with van der Waals surface area (Å²) in [5, 5.41) is 11.0. The molecule has 5 heteroatoms. The molecule has 1 aliphatic heterocycles. The number of rotatable bonds is 5. The van der Waals surface area contributed by atoms with E-state index in [1.807, 2.05) is 12.1 Å². The quantitative estimate of drug-likeness (QED) is 0.803. The smallest absolute Gasteiger partial charge is 0.286 e. The Bertz CT molecular complexity index is 444. The highest BCUT2D eigenvalue weighted by Gasteiger charge is 2.30. The molecular formula is C13H15NO3S. The van der Waals surface area contributed by atoms with Gasteiger partial charge in [0.05, 0.1) is 5.25 Å². The van der Waals surface area contributed by atoms with Crippen molar-refractivity contribution in [1.82, 2.24) is 5.32 Å². The number of carbonyl (C=O) groups excluding carboxylic acids is 2. The molecule has 0 radical (unpaired) electrons. The molecule has 0 bridgehead atoms. The maximum atomic E-state index is 11.3. The van der Waals surface area contributed by atoms with Crippen molar-refractivity contribution in [1.29, 1.82) is 0 Å². The third kappa shape index (κ3) is 3.50. The summed E-state index contributed by atoms with van der Waals surface area (Å²) < 4.78 is 0. The summed E-state index contributed by atoms with van der Waals surface area (Å²) in [6, 6.07) is 7.15. The van der Waals surface area contributed by atoms with Crippen molar-refractivity contribution in [3.05, 3.63) is 29.8 Å². The molecule has 2 rings (SSSR count). The van der Waals surface area contributed by atoms with Crippen LogP contribution >= 0.6 is 11.8 Å². The molecule has 4 nitrogen and oxygen atoms in total. The van der Waals surface area contributed by atoms with Crippen molar-refractivity contribution < 1.29 is 14.7 Å². The molecular weight excluding hydrogens is 250 g/mol. The summed E-state index contributed by atoms with van der Waals surface area (Å²) >= 11 is 1.09. The first-order chi connectivity index (χ1) is 8.65. The van der Waals surface area contributed by atoms with Crippen LogP contribution in [0.4, 0.5) is 4.79 Å². The fourth-order valence-electron chi connectivity index (χ4n) is 1.90. The normalized spacial score (nSPS) is 19.0. The van der Waals surface area contributed by atoms with Crippen LogP contribution in [0.3, 0.4) is 0 Å². The zero-order valence-electron chi connectivity index (χ0n) is 9.89. The molecule has 0 aliphatic carbocycles. The summed E-state index contributed by atoms with van der Waals surface area (Å²) in [5.74, 6) is 0.117. The van der Waals surface area contributed by atoms with Gasteiger partial charge in [-0.2, -0.15) is 0 Å². The molecule has 0 aromatic heterocycles. The Morgan fingerprint density at radius 3 is 2.50 bits per heavy atom. The lowest BCUT2D eigenvalue weighted by molar-refractivity contribution is -0.119. The van der Waals surface area contributed by atoms with Crippen LogP contribution in [0.5, 0.6) is 5.75 Å². The minimum atomic E-state index is -0.233. The lowest BCUT2D eigenvalue weighted by atomic mass is 10.1. The van der Waals surface area contributed by atoms with Crippen LogP contribution in [0.15, 0.2) is 24.3 Å². The van der Waals surface area contributed by atoms with Crippen molar-refractivity contribution in [3.63, 3.8) is 0 Å². The zero-order valence-corrected chi connectivity index (χ0v) is 10.7. The Balaban J connectivity index is 1.68. The van der Waals surface area contributed by atoms with Crippen LogP contribution in [0.2, 0.25) is 0 Å². The van der Waals surface area contributed by atoms with Crippen molar-refractivity contribution >= 4 is 22.9 Å². The van der Waals surface area contributed by atoms with E-state index in [0.717, 1.165) is 37.4 Å². The van der Waals surface area contributed by atoms with Gasteiger partial charge in [0.25, 0.3) is 5.24 Å². The Labute approximate surface area is 110 Å². The molecule has 2 N–H and O–H groups in total. The molecule has 1 heterocycles. The van der Waals surface area contributed by atoms with Crippen molar-refractivity contribution in [3.8, 4) is 5.75 Å². The summed E-state index contributed by atoms with van der Waals surface area (Å²) in [7, 11) is 0. The number of amides is 2. The number of benzene rings is 1. The lowest BCUT2D eigenvalue weighted by Crippen LogP contribution is -2.24. The number of hydrogen-bond donors (Lipinski definition) is 2.